The second-order valence-electron chi connectivity index (χ2n) is 8.79. The number of carbonyl (C=O) groups excluding carboxylic acids is 1. The number of rotatable bonds is 6. The molecule has 1 aromatic heterocycles. The molecule has 0 amide bonds. The molecule has 0 bridgehead atoms. The van der Waals surface area contributed by atoms with Crippen molar-refractivity contribution in [3.63, 3.8) is 0 Å². The summed E-state index contributed by atoms with van der Waals surface area (Å²) in [5.74, 6) is 1.01. The molecule has 1 spiro atoms. The number of ether oxygens (including phenoxy) is 2. The van der Waals surface area contributed by atoms with E-state index in [4.69, 9.17) is 9.47 Å². The average molecular weight is 405 g/mol. The van der Waals surface area contributed by atoms with Crippen LogP contribution < -0.4 is 10.2 Å². The number of hydrogen-bond acceptors (Lipinski definition) is 4. The maximum atomic E-state index is 12.8. The minimum atomic E-state index is -0.548. The Morgan fingerprint density at radius 3 is 2.73 bits per heavy atom. The summed E-state index contributed by atoms with van der Waals surface area (Å²) in [6, 6.07) is 5.81. The van der Waals surface area contributed by atoms with Crippen molar-refractivity contribution in [2.45, 2.75) is 51.0 Å². The smallest absolute Gasteiger partial charge is 0.343 e. The summed E-state index contributed by atoms with van der Waals surface area (Å²) >= 11 is 0. The first kappa shape index (κ1) is 19.2. The van der Waals surface area contributed by atoms with Crippen LogP contribution in [0.4, 0.5) is 0 Å². The largest absolute Gasteiger partial charge is 0.493 e. The first-order valence-electron chi connectivity index (χ1n) is 10.9. The van der Waals surface area contributed by atoms with Crippen LogP contribution in [0.3, 0.4) is 0 Å². The number of hydrogen-bond donors (Lipinski definition) is 0. The van der Waals surface area contributed by atoms with Crippen molar-refractivity contribution in [3.8, 4) is 17.0 Å². The molecule has 30 heavy (non-hydrogen) atoms. The Morgan fingerprint density at radius 2 is 2.10 bits per heavy atom. The van der Waals surface area contributed by atoms with Gasteiger partial charge >= 0.3 is 5.97 Å². The molecule has 1 aromatic carbocycles. The third-order valence-electron chi connectivity index (χ3n) is 6.76. The van der Waals surface area contributed by atoms with Gasteiger partial charge in [-0.2, -0.15) is 0 Å². The third-order valence-corrected chi connectivity index (χ3v) is 6.76. The zero-order valence-corrected chi connectivity index (χ0v) is 17.4. The predicted octanol–water partition coefficient (Wildman–Crippen LogP) is 4.56. The highest BCUT2D eigenvalue weighted by atomic mass is 16.5. The van der Waals surface area contributed by atoms with Gasteiger partial charge in [-0.1, -0.05) is 12.7 Å². The Kier molecular flexibility index (Phi) is 4.57. The Hall–Kier alpha value is -2.82. The predicted molar refractivity (Wildman–Crippen MR) is 116 cm³/mol. The van der Waals surface area contributed by atoms with Gasteiger partial charge in [0.15, 0.2) is 5.43 Å². The van der Waals surface area contributed by atoms with Crippen LogP contribution in [0, 0.1) is 5.92 Å². The second kappa shape index (κ2) is 7.15. The highest BCUT2D eigenvalue weighted by Gasteiger charge is 2.43. The van der Waals surface area contributed by atoms with Gasteiger partial charge < -0.3 is 14.0 Å². The molecular formula is C25H27NO4. The first-order chi connectivity index (χ1) is 14.5. The van der Waals surface area contributed by atoms with Crippen molar-refractivity contribution in [1.29, 1.82) is 0 Å². The van der Waals surface area contributed by atoms with Crippen LogP contribution in [0.25, 0.3) is 17.3 Å². The SMILES string of the molecule is C=Cc1cc2c(cc1OCC1CC1)CC1(CCC1)n1cc(C(=O)OCC)c(=O)cc1-2. The van der Waals surface area contributed by atoms with Crippen molar-refractivity contribution in [1.82, 2.24) is 4.57 Å². The minimum Gasteiger partial charge on any atom is -0.493 e. The highest BCUT2D eigenvalue weighted by Crippen LogP contribution is 2.49. The van der Waals surface area contributed by atoms with Gasteiger partial charge in [-0.3, -0.25) is 4.79 Å². The van der Waals surface area contributed by atoms with Crippen LogP contribution in [-0.4, -0.2) is 23.8 Å². The van der Waals surface area contributed by atoms with Gasteiger partial charge in [0.1, 0.15) is 11.3 Å². The fraction of sp³-hybridized carbons (Fsp3) is 0.440. The lowest BCUT2D eigenvalue weighted by molar-refractivity contribution is 0.0521. The fourth-order valence-electron chi connectivity index (χ4n) is 4.74. The van der Waals surface area contributed by atoms with E-state index in [1.807, 2.05) is 6.08 Å². The molecule has 2 aromatic rings. The summed E-state index contributed by atoms with van der Waals surface area (Å²) in [5.41, 5.74) is 3.77. The quantitative estimate of drug-likeness (QED) is 0.661. The van der Waals surface area contributed by atoms with Gasteiger partial charge in [0.2, 0.25) is 0 Å². The van der Waals surface area contributed by atoms with Gasteiger partial charge in [-0.05, 0) is 69.1 Å². The van der Waals surface area contributed by atoms with Crippen LogP contribution in [0.15, 0.2) is 35.8 Å². The normalized spacial score (nSPS) is 18.2. The lowest BCUT2D eigenvalue weighted by Gasteiger charge is -2.49. The van der Waals surface area contributed by atoms with Crippen LogP contribution in [0.1, 0.15) is 60.5 Å². The molecule has 1 aliphatic heterocycles. The number of esters is 1. The Balaban J connectivity index is 1.63. The van der Waals surface area contributed by atoms with E-state index in [0.29, 0.717) is 5.92 Å². The molecule has 0 unspecified atom stereocenters. The summed E-state index contributed by atoms with van der Waals surface area (Å²) < 4.78 is 13.4. The number of nitrogens with zero attached hydrogens (tertiary/aromatic N) is 1. The number of benzene rings is 1. The van der Waals surface area contributed by atoms with Crippen LogP contribution >= 0.6 is 0 Å². The van der Waals surface area contributed by atoms with E-state index in [0.717, 1.165) is 54.9 Å². The minimum absolute atomic E-state index is 0.0826. The molecule has 0 radical (unpaired) electrons. The molecule has 156 valence electrons. The molecule has 2 heterocycles. The molecule has 5 nitrogen and oxygen atoms in total. The molecule has 5 heteroatoms. The van der Waals surface area contributed by atoms with Gasteiger partial charge in [0.05, 0.1) is 18.9 Å². The molecule has 3 aliphatic rings. The number of aromatic nitrogens is 1. The second-order valence-corrected chi connectivity index (χ2v) is 8.79. The zero-order valence-electron chi connectivity index (χ0n) is 17.4. The molecule has 0 atom stereocenters. The van der Waals surface area contributed by atoms with Crippen molar-refractivity contribution in [3.05, 3.63) is 57.9 Å². The Labute approximate surface area is 176 Å². The topological polar surface area (TPSA) is 57.5 Å². The van der Waals surface area contributed by atoms with E-state index in [1.165, 1.54) is 18.4 Å². The molecule has 0 N–H and O–H groups in total. The van der Waals surface area contributed by atoms with Gasteiger partial charge in [-0.15, -0.1) is 0 Å². The van der Waals surface area contributed by atoms with E-state index in [2.05, 4.69) is 23.3 Å². The van der Waals surface area contributed by atoms with Crippen LogP contribution in [0.2, 0.25) is 0 Å². The van der Waals surface area contributed by atoms with E-state index < -0.39 is 5.97 Å². The van der Waals surface area contributed by atoms with Crippen molar-refractivity contribution < 1.29 is 14.3 Å². The van der Waals surface area contributed by atoms with Crippen molar-refractivity contribution >= 4 is 12.0 Å². The van der Waals surface area contributed by atoms with E-state index in [9.17, 15) is 9.59 Å². The summed E-state index contributed by atoms with van der Waals surface area (Å²) in [6.45, 7) is 6.71. The van der Waals surface area contributed by atoms with Crippen LogP contribution in [-0.2, 0) is 16.7 Å². The van der Waals surface area contributed by atoms with E-state index in [1.54, 1.807) is 19.2 Å². The average Bonchev–Trinajstić information content (AvgIpc) is 3.54. The summed E-state index contributed by atoms with van der Waals surface area (Å²) in [7, 11) is 0. The summed E-state index contributed by atoms with van der Waals surface area (Å²) in [5, 5.41) is 0. The number of pyridine rings is 1. The Bertz CT molecular complexity index is 1090. The Morgan fingerprint density at radius 1 is 1.30 bits per heavy atom. The lowest BCUT2D eigenvalue weighted by Crippen LogP contribution is -2.46. The zero-order chi connectivity index (χ0) is 20.9. The number of carbonyl (C=O) groups is 1. The van der Waals surface area contributed by atoms with E-state index in [-0.39, 0.29) is 23.1 Å². The van der Waals surface area contributed by atoms with Crippen molar-refractivity contribution in [2.75, 3.05) is 13.2 Å². The first-order valence-corrected chi connectivity index (χ1v) is 10.9. The van der Waals surface area contributed by atoms with Crippen LogP contribution in [0.5, 0.6) is 5.75 Å². The molecule has 0 saturated heterocycles. The molecule has 2 aliphatic carbocycles. The highest BCUT2D eigenvalue weighted by molar-refractivity contribution is 5.89. The molecule has 5 rings (SSSR count). The van der Waals surface area contributed by atoms with E-state index >= 15 is 0 Å². The van der Waals surface area contributed by atoms with Crippen molar-refractivity contribution in [2.24, 2.45) is 5.92 Å². The lowest BCUT2D eigenvalue weighted by atomic mass is 9.69. The maximum Gasteiger partial charge on any atom is 0.343 e. The fourth-order valence-corrected chi connectivity index (χ4v) is 4.74. The maximum absolute atomic E-state index is 12.8. The summed E-state index contributed by atoms with van der Waals surface area (Å²) in [4.78, 5) is 25.1. The van der Waals surface area contributed by atoms with Gasteiger partial charge in [0.25, 0.3) is 0 Å². The summed E-state index contributed by atoms with van der Waals surface area (Å²) in [6.07, 6.45) is 10.1. The number of fused-ring (bicyclic) bond motifs is 4. The third kappa shape index (κ3) is 3.08. The molecular weight excluding hydrogens is 378 g/mol. The van der Waals surface area contributed by atoms with Gasteiger partial charge in [-0.25, -0.2) is 4.79 Å². The standard InChI is InChI=1S/C25H27NO4/c1-3-17-10-19-18(11-23(17)30-15-16-6-7-16)13-25(8-5-9-25)26-14-20(24(28)29-4-2)22(27)12-21(19)26/h3,10-12,14,16H,1,4-9,13,15H2,2H3. The van der Waals surface area contributed by atoms with Gasteiger partial charge in [0, 0.05) is 28.9 Å². The molecule has 2 fully saturated rings. The molecule has 2 saturated carbocycles. The monoisotopic (exact) mass is 405 g/mol.